The predicted octanol–water partition coefficient (Wildman–Crippen LogP) is 16.4. The van der Waals surface area contributed by atoms with Crippen LogP contribution >= 0.6 is 11.3 Å². The maximum atomic E-state index is 2.65. The van der Waals surface area contributed by atoms with Gasteiger partial charge < -0.3 is 9.71 Å². The normalized spacial score (nSPS) is 13.2. The molecule has 0 atom stereocenters. The van der Waals surface area contributed by atoms with Crippen LogP contribution in [0.15, 0.2) is 200 Å². The first kappa shape index (κ1) is 40.4. The highest BCUT2D eigenvalue weighted by atomic mass is 32.1. The van der Waals surface area contributed by atoms with E-state index in [1.54, 1.807) is 0 Å². The van der Waals surface area contributed by atoms with Crippen LogP contribution in [0.25, 0.3) is 64.7 Å². The number of rotatable bonds is 5. The molecule has 9 aromatic carbocycles. The second-order valence-electron chi connectivity index (χ2n) is 20.2. The summed E-state index contributed by atoms with van der Waals surface area (Å²) in [6.45, 7) is 13.7. The van der Waals surface area contributed by atoms with Crippen LogP contribution in [-0.4, -0.2) is 6.85 Å². The largest absolute Gasteiger partial charge is 0.376 e. The summed E-state index contributed by atoms with van der Waals surface area (Å²) in [6.07, 6.45) is 0. The lowest BCUT2D eigenvalue weighted by molar-refractivity contribution is 0.590. The summed E-state index contributed by atoms with van der Waals surface area (Å²) in [4.78, 5) is 5.28. The Hall–Kier alpha value is -7.14. The van der Waals surface area contributed by atoms with E-state index in [-0.39, 0.29) is 17.7 Å². The lowest BCUT2D eigenvalue weighted by Crippen LogP contribution is -2.61. The zero-order valence-electron chi connectivity index (χ0n) is 38.4. The van der Waals surface area contributed by atoms with E-state index < -0.39 is 0 Å². The third kappa shape index (κ3) is 6.61. The van der Waals surface area contributed by atoms with Crippen LogP contribution in [0.5, 0.6) is 0 Å². The maximum Gasteiger partial charge on any atom is 0.333 e. The van der Waals surface area contributed by atoms with Gasteiger partial charge in [-0.1, -0.05) is 175 Å². The molecule has 2 aliphatic rings. The molecule has 0 fully saturated rings. The second-order valence-corrected chi connectivity index (χ2v) is 21.3. The van der Waals surface area contributed by atoms with Crippen molar-refractivity contribution < 1.29 is 0 Å². The van der Waals surface area contributed by atoms with Crippen molar-refractivity contribution in [2.45, 2.75) is 52.4 Å². The highest BCUT2D eigenvalue weighted by Gasteiger charge is 2.46. The number of hydrogen-bond acceptors (Lipinski definition) is 3. The SMILES string of the molecule is CC(C)(C)c1ccc(N2B3c4cc5sc6ccccc6c5cc4N(c4ccc(C(C)(C)C)cc4-c4ccccc4)c4cc(-c5ccccc5)cc(c43)-c3cc(-c4ccccc4)ccc32)cc1. The van der Waals surface area contributed by atoms with Gasteiger partial charge >= 0.3 is 6.85 Å². The Kier molecular flexibility index (Phi) is 9.31. The van der Waals surface area contributed by atoms with Gasteiger partial charge in [0.2, 0.25) is 0 Å². The summed E-state index contributed by atoms with van der Waals surface area (Å²) < 4.78 is 2.61. The molecule has 0 unspecified atom stereocenters. The number of hydrogen-bond donors (Lipinski definition) is 0. The number of nitrogens with zero attached hydrogens (tertiary/aromatic N) is 2. The van der Waals surface area contributed by atoms with Crippen molar-refractivity contribution in [1.29, 1.82) is 0 Å². The van der Waals surface area contributed by atoms with Crippen molar-refractivity contribution in [2.75, 3.05) is 9.71 Å². The van der Waals surface area contributed by atoms with E-state index >= 15 is 0 Å². The van der Waals surface area contributed by atoms with Crippen LogP contribution in [0, 0.1) is 0 Å². The molecule has 0 aliphatic carbocycles. The minimum absolute atomic E-state index is 0.0280. The van der Waals surface area contributed by atoms with Crippen molar-refractivity contribution in [3.8, 4) is 44.5 Å². The third-order valence-corrected chi connectivity index (χ3v) is 15.1. The average Bonchev–Trinajstić information content (AvgIpc) is 3.71. The van der Waals surface area contributed by atoms with Gasteiger partial charge in [-0.25, -0.2) is 0 Å². The zero-order valence-corrected chi connectivity index (χ0v) is 39.2. The number of thiophene rings is 1. The standard InChI is InChI=1S/C62H51BN2S/c1-61(2,3)45-27-30-47(31-28-45)65-55-32-26-43(40-18-10-7-11-19-40)34-50(55)52-35-44(41-20-12-8-13-21-41)36-57-60(52)63(65)53-39-59-51(48-24-16-17-25-58(48)66-59)38-56(53)64(57)54-33-29-46(62(4,5)6)37-49(54)42-22-14-9-15-23-42/h7-39H,1-6H3. The third-order valence-electron chi connectivity index (χ3n) is 14.0. The summed E-state index contributed by atoms with van der Waals surface area (Å²) in [5, 5.41) is 2.59. The fourth-order valence-corrected chi connectivity index (χ4v) is 11.6. The van der Waals surface area contributed by atoms with Crippen LogP contribution in [0.3, 0.4) is 0 Å². The zero-order chi connectivity index (χ0) is 44.9. The molecule has 0 N–H and O–H groups in total. The van der Waals surface area contributed by atoms with Crippen molar-refractivity contribution in [1.82, 2.24) is 0 Å². The van der Waals surface area contributed by atoms with E-state index in [1.165, 1.54) is 115 Å². The number of anilines is 5. The Morgan fingerprint density at radius 2 is 0.970 bits per heavy atom. The quantitative estimate of drug-likeness (QED) is 0.159. The molecule has 2 nitrogen and oxygen atoms in total. The first-order chi connectivity index (χ1) is 32.0. The van der Waals surface area contributed by atoms with E-state index in [2.05, 4.69) is 251 Å². The fraction of sp³-hybridized carbons (Fsp3) is 0.129. The van der Waals surface area contributed by atoms with Gasteiger partial charge in [-0.2, -0.15) is 0 Å². The van der Waals surface area contributed by atoms with Crippen LogP contribution in [-0.2, 0) is 10.8 Å². The Morgan fingerprint density at radius 3 is 1.65 bits per heavy atom. The molecule has 0 saturated heterocycles. The minimum atomic E-state index is -0.120. The molecule has 0 saturated carbocycles. The molecule has 66 heavy (non-hydrogen) atoms. The fourth-order valence-electron chi connectivity index (χ4n) is 10.5. The molecule has 12 rings (SSSR count). The molecule has 0 radical (unpaired) electrons. The number of benzene rings is 9. The smallest absolute Gasteiger partial charge is 0.333 e. The van der Waals surface area contributed by atoms with Gasteiger partial charge in [-0.3, -0.25) is 0 Å². The van der Waals surface area contributed by atoms with Crippen LogP contribution in [0.2, 0.25) is 0 Å². The molecule has 0 amide bonds. The second kappa shape index (κ2) is 15.2. The topological polar surface area (TPSA) is 6.48 Å². The summed E-state index contributed by atoms with van der Waals surface area (Å²) in [5.74, 6) is 0. The van der Waals surface area contributed by atoms with Gasteiger partial charge in [0.05, 0.1) is 5.69 Å². The highest BCUT2D eigenvalue weighted by Crippen LogP contribution is 2.52. The van der Waals surface area contributed by atoms with E-state index in [4.69, 9.17) is 0 Å². The minimum Gasteiger partial charge on any atom is -0.376 e. The van der Waals surface area contributed by atoms with Gasteiger partial charge in [-0.15, -0.1) is 11.3 Å². The van der Waals surface area contributed by atoms with Crippen molar-refractivity contribution in [2.24, 2.45) is 0 Å². The van der Waals surface area contributed by atoms with Gasteiger partial charge in [0, 0.05) is 54.0 Å². The van der Waals surface area contributed by atoms with Gasteiger partial charge in [0.15, 0.2) is 0 Å². The molecule has 0 spiro atoms. The molecule has 4 heteroatoms. The van der Waals surface area contributed by atoms with Gasteiger partial charge in [0.25, 0.3) is 0 Å². The first-order valence-corrected chi connectivity index (χ1v) is 24.1. The Bertz CT molecular complexity index is 3490. The first-order valence-electron chi connectivity index (χ1n) is 23.3. The van der Waals surface area contributed by atoms with Crippen LogP contribution < -0.4 is 20.6 Å². The van der Waals surface area contributed by atoms with Crippen molar-refractivity contribution in [3.05, 3.63) is 211 Å². The van der Waals surface area contributed by atoms with E-state index in [0.717, 1.165) is 0 Å². The summed E-state index contributed by atoms with van der Waals surface area (Å²) in [5.41, 5.74) is 21.0. The van der Waals surface area contributed by atoms with Crippen LogP contribution in [0.1, 0.15) is 52.7 Å². The predicted molar refractivity (Wildman–Crippen MR) is 287 cm³/mol. The Morgan fingerprint density at radius 1 is 0.379 bits per heavy atom. The molecule has 318 valence electrons. The number of fused-ring (bicyclic) bond motifs is 7. The summed E-state index contributed by atoms with van der Waals surface area (Å²) in [6, 6.07) is 75.6. The maximum absolute atomic E-state index is 2.65. The Balaban J connectivity index is 1.24. The average molecular weight is 867 g/mol. The van der Waals surface area contributed by atoms with Crippen molar-refractivity contribution in [3.63, 3.8) is 0 Å². The van der Waals surface area contributed by atoms with E-state index in [0.29, 0.717) is 0 Å². The van der Waals surface area contributed by atoms with Gasteiger partial charge in [-0.05, 0) is 133 Å². The molecular weight excluding hydrogens is 816 g/mol. The molecule has 2 aliphatic heterocycles. The van der Waals surface area contributed by atoms with E-state index in [1.807, 2.05) is 11.3 Å². The molecular formula is C62H51BN2S. The molecule has 10 aromatic rings. The Labute approximate surface area is 393 Å². The van der Waals surface area contributed by atoms with Crippen LogP contribution in [0.4, 0.5) is 28.4 Å². The summed E-state index contributed by atoms with van der Waals surface area (Å²) >= 11 is 1.90. The van der Waals surface area contributed by atoms with E-state index in [9.17, 15) is 0 Å². The molecule has 3 heterocycles. The highest BCUT2D eigenvalue weighted by molar-refractivity contribution is 7.26. The van der Waals surface area contributed by atoms with Gasteiger partial charge in [0.1, 0.15) is 0 Å². The van der Waals surface area contributed by atoms with Crippen molar-refractivity contribution >= 4 is 77.7 Å². The monoisotopic (exact) mass is 866 g/mol. The molecule has 0 bridgehead atoms. The molecule has 1 aromatic heterocycles. The lowest BCUT2D eigenvalue weighted by Gasteiger charge is -2.46. The summed E-state index contributed by atoms with van der Waals surface area (Å²) in [7, 11) is 0. The lowest BCUT2D eigenvalue weighted by atomic mass is 9.43.